The molecular formula is C11H17NO4. The monoisotopic (exact) mass is 227 g/mol. The second-order valence-electron chi connectivity index (χ2n) is 3.90. The first-order valence-corrected chi connectivity index (χ1v) is 5.35. The van der Waals surface area contributed by atoms with Crippen LogP contribution < -0.4 is 0 Å². The van der Waals surface area contributed by atoms with Crippen LogP contribution in [0.25, 0.3) is 0 Å². The second kappa shape index (κ2) is 5.53. The van der Waals surface area contributed by atoms with Crippen molar-refractivity contribution in [3.05, 3.63) is 12.7 Å². The summed E-state index contributed by atoms with van der Waals surface area (Å²) in [6.07, 6.45) is 2.58. The van der Waals surface area contributed by atoms with Crippen LogP contribution in [0, 0.1) is 5.92 Å². The average Bonchev–Trinajstić information content (AvgIpc) is 2.73. The number of aliphatic carboxylic acids is 1. The van der Waals surface area contributed by atoms with Gasteiger partial charge >= 0.3 is 12.1 Å². The molecule has 1 fully saturated rings. The summed E-state index contributed by atoms with van der Waals surface area (Å²) in [6.45, 7) is 5.79. The maximum atomic E-state index is 11.6. The van der Waals surface area contributed by atoms with E-state index in [9.17, 15) is 9.59 Å². The first-order valence-electron chi connectivity index (χ1n) is 5.35. The molecule has 0 aromatic carbocycles. The van der Waals surface area contributed by atoms with Crippen LogP contribution in [0.4, 0.5) is 4.79 Å². The first kappa shape index (κ1) is 12.5. The zero-order chi connectivity index (χ0) is 12.1. The van der Waals surface area contributed by atoms with E-state index in [4.69, 9.17) is 9.84 Å². The molecule has 0 aliphatic carbocycles. The maximum absolute atomic E-state index is 11.6. The van der Waals surface area contributed by atoms with Crippen LogP contribution in [0.15, 0.2) is 12.7 Å². The topological polar surface area (TPSA) is 66.8 Å². The van der Waals surface area contributed by atoms with Crippen molar-refractivity contribution in [1.29, 1.82) is 0 Å². The van der Waals surface area contributed by atoms with Crippen LogP contribution in [0.5, 0.6) is 0 Å². The molecule has 0 aromatic rings. The van der Waals surface area contributed by atoms with E-state index < -0.39 is 18.0 Å². The normalized spacial score (nSPS) is 21.6. The van der Waals surface area contributed by atoms with Crippen molar-refractivity contribution in [2.45, 2.75) is 25.8 Å². The van der Waals surface area contributed by atoms with Crippen molar-refractivity contribution in [3.63, 3.8) is 0 Å². The van der Waals surface area contributed by atoms with Crippen molar-refractivity contribution in [2.75, 3.05) is 13.2 Å². The van der Waals surface area contributed by atoms with E-state index >= 15 is 0 Å². The van der Waals surface area contributed by atoms with E-state index in [0.717, 1.165) is 12.8 Å². The predicted molar refractivity (Wildman–Crippen MR) is 58.1 cm³/mol. The molecule has 0 radical (unpaired) electrons. The van der Waals surface area contributed by atoms with Crippen LogP contribution >= 0.6 is 0 Å². The first-order chi connectivity index (χ1) is 7.57. The van der Waals surface area contributed by atoms with E-state index in [0.29, 0.717) is 6.54 Å². The minimum absolute atomic E-state index is 0.156. The van der Waals surface area contributed by atoms with Crippen molar-refractivity contribution in [1.82, 2.24) is 4.90 Å². The highest BCUT2D eigenvalue weighted by Crippen LogP contribution is 2.24. The molecule has 1 aliphatic rings. The van der Waals surface area contributed by atoms with Gasteiger partial charge in [0.05, 0.1) is 5.92 Å². The van der Waals surface area contributed by atoms with Gasteiger partial charge in [-0.1, -0.05) is 12.7 Å². The third-order valence-corrected chi connectivity index (χ3v) is 2.83. The highest BCUT2D eigenvalue weighted by Gasteiger charge is 2.36. The molecule has 1 aliphatic heterocycles. The molecule has 90 valence electrons. The Balaban J connectivity index is 2.61. The molecule has 0 bridgehead atoms. The van der Waals surface area contributed by atoms with Gasteiger partial charge < -0.3 is 14.7 Å². The molecule has 0 saturated carbocycles. The minimum Gasteiger partial charge on any atom is -0.481 e. The molecule has 1 amide bonds. The summed E-state index contributed by atoms with van der Waals surface area (Å²) in [6, 6.07) is -0.255. The largest absolute Gasteiger partial charge is 0.481 e. The van der Waals surface area contributed by atoms with Crippen LogP contribution in [0.3, 0.4) is 0 Å². The van der Waals surface area contributed by atoms with Gasteiger partial charge in [-0.25, -0.2) is 4.79 Å². The average molecular weight is 227 g/mol. The molecule has 16 heavy (non-hydrogen) atoms. The Labute approximate surface area is 94.7 Å². The summed E-state index contributed by atoms with van der Waals surface area (Å²) in [7, 11) is 0. The number of hydrogen-bond donors (Lipinski definition) is 1. The summed E-state index contributed by atoms with van der Waals surface area (Å²) in [4.78, 5) is 24.0. The summed E-state index contributed by atoms with van der Waals surface area (Å²) in [5.74, 6) is -1.44. The van der Waals surface area contributed by atoms with Gasteiger partial charge in [-0.3, -0.25) is 4.79 Å². The molecule has 5 heteroatoms. The standard InChI is InChI=1S/C11H17NO4/c1-3-7-16-11(15)12-6-4-5-9(12)8(2)10(13)14/h3,8-9H,1,4-7H2,2H3,(H,13,14). The van der Waals surface area contributed by atoms with E-state index in [1.54, 1.807) is 6.92 Å². The lowest BCUT2D eigenvalue weighted by Gasteiger charge is -2.26. The molecule has 1 heterocycles. The number of rotatable bonds is 4. The van der Waals surface area contributed by atoms with Crippen molar-refractivity contribution in [2.24, 2.45) is 5.92 Å². The Hall–Kier alpha value is -1.52. The molecule has 0 aromatic heterocycles. The summed E-state index contributed by atoms with van der Waals surface area (Å²) in [5, 5.41) is 8.92. The van der Waals surface area contributed by atoms with Crippen LogP contribution in [-0.2, 0) is 9.53 Å². The van der Waals surface area contributed by atoms with Gasteiger partial charge in [0.1, 0.15) is 6.61 Å². The van der Waals surface area contributed by atoms with E-state index in [1.165, 1.54) is 11.0 Å². The number of carboxylic acid groups (broad SMARTS) is 1. The summed E-state index contributed by atoms with van der Waals surface area (Å²) >= 11 is 0. The Morgan fingerprint density at radius 1 is 1.69 bits per heavy atom. The Bertz CT molecular complexity index is 290. The third kappa shape index (κ3) is 2.74. The lowest BCUT2D eigenvalue weighted by molar-refractivity contribution is -0.142. The molecule has 5 nitrogen and oxygen atoms in total. The Morgan fingerprint density at radius 2 is 2.38 bits per heavy atom. The zero-order valence-electron chi connectivity index (χ0n) is 9.39. The van der Waals surface area contributed by atoms with Gasteiger partial charge in [0.2, 0.25) is 0 Å². The Morgan fingerprint density at radius 3 is 2.94 bits per heavy atom. The molecule has 2 unspecified atom stereocenters. The number of hydrogen-bond acceptors (Lipinski definition) is 3. The van der Waals surface area contributed by atoms with Gasteiger partial charge in [-0.2, -0.15) is 0 Å². The smallest absolute Gasteiger partial charge is 0.410 e. The lowest BCUT2D eigenvalue weighted by Crippen LogP contribution is -2.42. The number of ether oxygens (including phenoxy) is 1. The van der Waals surface area contributed by atoms with E-state index in [1.807, 2.05) is 0 Å². The predicted octanol–water partition coefficient (Wildman–Crippen LogP) is 1.49. The summed E-state index contributed by atoms with van der Waals surface area (Å²) < 4.78 is 4.91. The van der Waals surface area contributed by atoms with E-state index in [2.05, 4.69) is 6.58 Å². The number of carboxylic acids is 1. The number of likely N-dealkylation sites (tertiary alicyclic amines) is 1. The quantitative estimate of drug-likeness (QED) is 0.739. The highest BCUT2D eigenvalue weighted by atomic mass is 16.6. The number of carbonyl (C=O) groups is 2. The van der Waals surface area contributed by atoms with Gasteiger partial charge in [-0.15, -0.1) is 0 Å². The molecule has 1 rings (SSSR count). The SMILES string of the molecule is C=CCOC(=O)N1CCCC1C(C)C(=O)O. The van der Waals surface area contributed by atoms with E-state index in [-0.39, 0.29) is 12.6 Å². The van der Waals surface area contributed by atoms with Crippen molar-refractivity contribution >= 4 is 12.1 Å². The zero-order valence-corrected chi connectivity index (χ0v) is 9.39. The second-order valence-corrected chi connectivity index (χ2v) is 3.90. The lowest BCUT2D eigenvalue weighted by atomic mass is 10.0. The molecular weight excluding hydrogens is 210 g/mol. The fourth-order valence-electron chi connectivity index (χ4n) is 1.92. The van der Waals surface area contributed by atoms with Crippen LogP contribution in [0.2, 0.25) is 0 Å². The highest BCUT2D eigenvalue weighted by molar-refractivity contribution is 5.73. The third-order valence-electron chi connectivity index (χ3n) is 2.83. The van der Waals surface area contributed by atoms with Gasteiger partial charge in [0, 0.05) is 12.6 Å². The molecule has 2 atom stereocenters. The number of carbonyl (C=O) groups excluding carboxylic acids is 1. The van der Waals surface area contributed by atoms with Gasteiger partial charge in [0.15, 0.2) is 0 Å². The van der Waals surface area contributed by atoms with Gasteiger partial charge in [-0.05, 0) is 19.8 Å². The fourth-order valence-corrected chi connectivity index (χ4v) is 1.92. The molecule has 0 spiro atoms. The van der Waals surface area contributed by atoms with Gasteiger partial charge in [0.25, 0.3) is 0 Å². The number of amides is 1. The minimum atomic E-state index is -0.881. The van der Waals surface area contributed by atoms with Crippen molar-refractivity contribution < 1.29 is 19.4 Å². The Kier molecular flexibility index (Phi) is 4.34. The summed E-state index contributed by atoms with van der Waals surface area (Å²) in [5.41, 5.74) is 0. The van der Waals surface area contributed by atoms with Crippen molar-refractivity contribution in [3.8, 4) is 0 Å². The molecule has 1 saturated heterocycles. The fraction of sp³-hybridized carbons (Fsp3) is 0.636. The number of nitrogens with zero attached hydrogens (tertiary/aromatic N) is 1. The van der Waals surface area contributed by atoms with Crippen LogP contribution in [0.1, 0.15) is 19.8 Å². The van der Waals surface area contributed by atoms with Crippen LogP contribution in [-0.4, -0.2) is 41.3 Å². The maximum Gasteiger partial charge on any atom is 0.410 e. The molecule has 1 N–H and O–H groups in total.